The number of fused-ring (bicyclic) bond motifs is 5. The van der Waals surface area contributed by atoms with Crippen LogP contribution in [0.4, 0.5) is 17.1 Å². The highest BCUT2D eigenvalue weighted by atomic mass is 32.1. The van der Waals surface area contributed by atoms with Gasteiger partial charge in [0.2, 0.25) is 0 Å². The summed E-state index contributed by atoms with van der Waals surface area (Å²) >= 11 is 3.45. The molecule has 3 heterocycles. The van der Waals surface area contributed by atoms with Gasteiger partial charge in [-0.05, 0) is 108 Å². The van der Waals surface area contributed by atoms with Crippen LogP contribution in [-0.4, -0.2) is 9.97 Å². The number of aromatic nitrogens is 2. The van der Waals surface area contributed by atoms with Gasteiger partial charge >= 0.3 is 0 Å². The molecule has 0 aliphatic carbocycles. The minimum atomic E-state index is 0.899. The fourth-order valence-corrected chi connectivity index (χ4v) is 8.69. The van der Waals surface area contributed by atoms with Gasteiger partial charge in [-0.1, -0.05) is 66.7 Å². The molecule has 0 atom stereocenters. The monoisotopic (exact) mass is 677 g/mol. The minimum Gasteiger partial charge on any atom is -0.456 e. The van der Waals surface area contributed by atoms with E-state index in [1.54, 1.807) is 22.7 Å². The molecule has 10 aromatic rings. The Balaban J connectivity index is 1.05. The van der Waals surface area contributed by atoms with Gasteiger partial charge in [-0.25, -0.2) is 9.97 Å². The molecule has 0 amide bonds. The number of hydrogen-bond donors (Lipinski definition) is 0. The van der Waals surface area contributed by atoms with Crippen molar-refractivity contribution in [2.75, 3.05) is 4.90 Å². The Morgan fingerprint density at radius 1 is 0.420 bits per heavy atom. The van der Waals surface area contributed by atoms with Gasteiger partial charge in [0.1, 0.15) is 21.2 Å². The first kappa shape index (κ1) is 28.9. The zero-order valence-electron chi connectivity index (χ0n) is 26.7. The normalized spacial score (nSPS) is 11.6. The third-order valence-corrected chi connectivity index (χ3v) is 11.3. The average molecular weight is 678 g/mol. The van der Waals surface area contributed by atoms with Crippen molar-refractivity contribution in [3.05, 3.63) is 164 Å². The number of anilines is 3. The van der Waals surface area contributed by atoms with Crippen LogP contribution in [0.2, 0.25) is 0 Å². The predicted octanol–water partition coefficient (Wildman–Crippen LogP) is 13.3. The van der Waals surface area contributed by atoms with E-state index >= 15 is 0 Å². The number of nitrogens with zero attached hydrogens (tertiary/aromatic N) is 3. The Morgan fingerprint density at radius 3 is 1.46 bits per heavy atom. The van der Waals surface area contributed by atoms with Gasteiger partial charge < -0.3 is 9.32 Å². The fraction of sp³-hybridized carbons (Fsp3) is 0. The highest BCUT2D eigenvalue weighted by Gasteiger charge is 2.17. The Hall–Kier alpha value is -6.08. The second-order valence-corrected chi connectivity index (χ2v) is 14.3. The molecule has 0 aliphatic rings. The summed E-state index contributed by atoms with van der Waals surface area (Å²) in [6.45, 7) is 0. The van der Waals surface area contributed by atoms with Crippen LogP contribution in [-0.2, 0) is 0 Å². The second kappa shape index (κ2) is 11.8. The van der Waals surface area contributed by atoms with Gasteiger partial charge in [0.15, 0.2) is 0 Å². The van der Waals surface area contributed by atoms with Crippen LogP contribution in [0.25, 0.3) is 74.6 Å². The quantitative estimate of drug-likeness (QED) is 0.176. The molecule has 0 bridgehead atoms. The molecule has 0 unspecified atom stereocenters. The summed E-state index contributed by atoms with van der Waals surface area (Å²) in [4.78, 5) is 12.1. The van der Waals surface area contributed by atoms with Crippen molar-refractivity contribution in [3.63, 3.8) is 0 Å². The van der Waals surface area contributed by atoms with Crippen LogP contribution in [0.3, 0.4) is 0 Å². The number of benzene rings is 7. The summed E-state index contributed by atoms with van der Waals surface area (Å²) in [5.74, 6) is 0. The molecule has 0 radical (unpaired) electrons. The van der Waals surface area contributed by atoms with Crippen molar-refractivity contribution in [2.45, 2.75) is 0 Å². The first-order chi connectivity index (χ1) is 24.7. The maximum absolute atomic E-state index is 6.19. The standard InChI is InChI=1S/C44H27N3OS2/c1-4-12-38-35(8-1)42-34(9-7-13-39(42)48-38)28-16-22-31(23-17-28)47(32-24-18-29(19-25-32)43-45-36-10-2-5-14-40(36)49-43)33-26-20-30(21-27-33)44-46-37-11-3-6-15-41(37)50-44/h1-27H. The minimum absolute atomic E-state index is 0.899. The molecule has 0 aliphatic heterocycles. The maximum Gasteiger partial charge on any atom is 0.136 e. The lowest BCUT2D eigenvalue weighted by molar-refractivity contribution is 0.669. The third kappa shape index (κ3) is 4.96. The summed E-state index contributed by atoms with van der Waals surface area (Å²) in [7, 11) is 0. The van der Waals surface area contributed by atoms with E-state index in [0.29, 0.717) is 0 Å². The van der Waals surface area contributed by atoms with E-state index in [0.717, 1.165) is 82.3 Å². The number of rotatable bonds is 6. The van der Waals surface area contributed by atoms with Crippen LogP contribution >= 0.6 is 22.7 Å². The molecule has 0 fully saturated rings. The van der Waals surface area contributed by atoms with E-state index in [1.165, 1.54) is 9.40 Å². The van der Waals surface area contributed by atoms with Gasteiger partial charge in [-0.2, -0.15) is 0 Å². The highest BCUT2D eigenvalue weighted by molar-refractivity contribution is 7.22. The van der Waals surface area contributed by atoms with E-state index < -0.39 is 0 Å². The number of thiazole rings is 2. The summed E-state index contributed by atoms with van der Waals surface area (Å²) in [5.41, 5.74) is 11.6. The Kier molecular flexibility index (Phi) is 6.82. The average Bonchev–Trinajstić information content (AvgIpc) is 3.91. The summed E-state index contributed by atoms with van der Waals surface area (Å²) in [6, 6.07) is 57.5. The van der Waals surface area contributed by atoms with Crippen molar-refractivity contribution in [1.29, 1.82) is 0 Å². The van der Waals surface area contributed by atoms with Crippen molar-refractivity contribution in [1.82, 2.24) is 9.97 Å². The Labute approximate surface area is 296 Å². The molecule has 0 N–H and O–H groups in total. The predicted molar refractivity (Wildman–Crippen MR) is 211 cm³/mol. The summed E-state index contributed by atoms with van der Waals surface area (Å²) in [5, 5.41) is 4.32. The second-order valence-electron chi connectivity index (χ2n) is 12.2. The Morgan fingerprint density at radius 2 is 0.900 bits per heavy atom. The first-order valence-corrected chi connectivity index (χ1v) is 18.1. The number of hydrogen-bond acceptors (Lipinski definition) is 6. The molecule has 0 saturated heterocycles. The molecule has 10 rings (SSSR count). The number of furan rings is 1. The van der Waals surface area contributed by atoms with Crippen LogP contribution in [0.5, 0.6) is 0 Å². The maximum atomic E-state index is 6.19. The summed E-state index contributed by atoms with van der Waals surface area (Å²) in [6.07, 6.45) is 0. The molecule has 7 aromatic carbocycles. The van der Waals surface area contributed by atoms with Crippen LogP contribution in [0.1, 0.15) is 0 Å². The lowest BCUT2D eigenvalue weighted by Gasteiger charge is -2.26. The van der Waals surface area contributed by atoms with Gasteiger partial charge in [-0.3, -0.25) is 0 Å². The van der Waals surface area contributed by atoms with Crippen LogP contribution < -0.4 is 4.90 Å². The first-order valence-electron chi connectivity index (χ1n) is 16.5. The zero-order valence-corrected chi connectivity index (χ0v) is 28.3. The lowest BCUT2D eigenvalue weighted by atomic mass is 9.99. The highest BCUT2D eigenvalue weighted by Crippen LogP contribution is 2.41. The Bertz CT molecular complexity index is 2630. The molecular formula is C44H27N3OS2. The van der Waals surface area contributed by atoms with Crippen molar-refractivity contribution in [2.24, 2.45) is 0 Å². The van der Waals surface area contributed by atoms with E-state index in [1.807, 2.05) is 30.3 Å². The van der Waals surface area contributed by atoms with Gasteiger partial charge in [0.25, 0.3) is 0 Å². The zero-order chi connectivity index (χ0) is 33.0. The molecule has 4 nitrogen and oxygen atoms in total. The van der Waals surface area contributed by atoms with Crippen LogP contribution in [0.15, 0.2) is 168 Å². The largest absolute Gasteiger partial charge is 0.456 e. The van der Waals surface area contributed by atoms with E-state index in [2.05, 4.69) is 138 Å². The SMILES string of the molecule is c1ccc2sc(-c3ccc(N(c4ccc(-c5nc6ccccc6s5)cc4)c4ccc(-c5cccc6oc7ccccc7c56)cc4)cc3)nc2c1. The van der Waals surface area contributed by atoms with E-state index in [9.17, 15) is 0 Å². The van der Waals surface area contributed by atoms with Gasteiger partial charge in [0, 0.05) is 39.0 Å². The molecule has 6 heteroatoms. The van der Waals surface area contributed by atoms with Crippen molar-refractivity contribution in [3.8, 4) is 32.3 Å². The molecule has 0 spiro atoms. The molecule has 50 heavy (non-hydrogen) atoms. The summed E-state index contributed by atoms with van der Waals surface area (Å²) < 4.78 is 8.58. The van der Waals surface area contributed by atoms with Crippen LogP contribution in [0, 0.1) is 0 Å². The molecule has 3 aromatic heterocycles. The molecule has 236 valence electrons. The lowest BCUT2D eigenvalue weighted by Crippen LogP contribution is -2.09. The number of para-hydroxylation sites is 3. The third-order valence-electron chi connectivity index (χ3n) is 9.17. The fourth-order valence-electron chi connectivity index (χ4n) is 6.75. The topological polar surface area (TPSA) is 42.2 Å². The van der Waals surface area contributed by atoms with Gasteiger partial charge in [-0.15, -0.1) is 22.7 Å². The van der Waals surface area contributed by atoms with E-state index in [4.69, 9.17) is 14.4 Å². The molecular weight excluding hydrogens is 651 g/mol. The smallest absolute Gasteiger partial charge is 0.136 e. The molecule has 0 saturated carbocycles. The van der Waals surface area contributed by atoms with E-state index in [-0.39, 0.29) is 0 Å². The van der Waals surface area contributed by atoms with Gasteiger partial charge in [0.05, 0.1) is 20.4 Å². The van der Waals surface area contributed by atoms with Crippen molar-refractivity contribution < 1.29 is 4.42 Å². The van der Waals surface area contributed by atoms with Crippen molar-refractivity contribution >= 4 is 82.1 Å².